The number of hydrogen-bond acceptors (Lipinski definition) is 3. The summed E-state index contributed by atoms with van der Waals surface area (Å²) in [6.07, 6.45) is 1.30. The van der Waals surface area contributed by atoms with Gasteiger partial charge in [-0.05, 0) is 42.0 Å². The minimum absolute atomic E-state index is 0.729. The summed E-state index contributed by atoms with van der Waals surface area (Å²) in [5, 5.41) is 4.10. The monoisotopic (exact) mass is 242 g/mol. The highest BCUT2D eigenvalue weighted by Gasteiger charge is 2.15. The van der Waals surface area contributed by atoms with Gasteiger partial charge in [-0.15, -0.1) is 0 Å². The molecule has 1 aromatic carbocycles. The van der Waals surface area contributed by atoms with Crippen LogP contribution < -0.4 is 11.1 Å². The van der Waals surface area contributed by atoms with Crippen LogP contribution in [-0.4, -0.2) is 18.1 Å². The maximum atomic E-state index is 5.91. The second-order valence-electron chi connectivity index (χ2n) is 3.84. The number of benzene rings is 1. The molecule has 4 heteroatoms. The van der Waals surface area contributed by atoms with Crippen LogP contribution in [0.15, 0.2) is 18.2 Å². The highest BCUT2D eigenvalue weighted by Crippen LogP contribution is 2.26. The van der Waals surface area contributed by atoms with E-state index >= 15 is 0 Å². The lowest BCUT2D eigenvalue weighted by Crippen LogP contribution is -2.14. The smallest absolute Gasteiger partial charge is 0.0588 e. The molecule has 2 rings (SSSR count). The molecule has 1 aromatic rings. The lowest BCUT2D eigenvalue weighted by Gasteiger charge is -2.13. The first-order valence-corrected chi connectivity index (χ1v) is 6.65. The Morgan fingerprint density at radius 1 is 1.53 bits per heavy atom. The fourth-order valence-corrected chi connectivity index (χ4v) is 3.14. The lowest BCUT2D eigenvalue weighted by molar-refractivity contribution is 0.632. The molecule has 3 N–H and O–H groups in total. The highest BCUT2D eigenvalue weighted by atomic mass is 35.5. The van der Waals surface area contributed by atoms with Gasteiger partial charge in [0.15, 0.2) is 0 Å². The van der Waals surface area contributed by atoms with Gasteiger partial charge in [0.05, 0.1) is 11.4 Å². The quantitative estimate of drug-likeness (QED) is 0.800. The first-order chi connectivity index (χ1) is 7.25. The van der Waals surface area contributed by atoms with Crippen molar-refractivity contribution in [3.05, 3.63) is 23.2 Å². The van der Waals surface area contributed by atoms with E-state index in [2.05, 4.69) is 5.32 Å². The maximum absolute atomic E-state index is 5.91. The zero-order valence-electron chi connectivity index (χ0n) is 8.50. The van der Waals surface area contributed by atoms with E-state index in [-0.39, 0.29) is 0 Å². The number of nitrogens with one attached hydrogen (secondary N) is 1. The van der Waals surface area contributed by atoms with Crippen molar-refractivity contribution < 1.29 is 0 Å². The first-order valence-electron chi connectivity index (χ1n) is 5.12. The number of hydrogen-bond donors (Lipinski definition) is 2. The van der Waals surface area contributed by atoms with E-state index in [9.17, 15) is 0 Å². The lowest BCUT2D eigenvalue weighted by atomic mass is 10.1. The molecule has 0 aliphatic carbocycles. The fourth-order valence-electron chi connectivity index (χ4n) is 1.68. The Hall–Kier alpha value is -0.540. The van der Waals surface area contributed by atoms with Gasteiger partial charge in [-0.3, -0.25) is 0 Å². The SMILES string of the molecule is Nc1ccc(Cl)cc1NCC1CCSC1. The van der Waals surface area contributed by atoms with Crippen molar-refractivity contribution in [2.24, 2.45) is 5.92 Å². The van der Waals surface area contributed by atoms with Crippen molar-refractivity contribution in [1.29, 1.82) is 0 Å². The van der Waals surface area contributed by atoms with Crippen molar-refractivity contribution >= 4 is 34.7 Å². The third kappa shape index (κ3) is 2.95. The molecule has 1 heterocycles. The Bertz CT molecular complexity index is 337. The van der Waals surface area contributed by atoms with Crippen LogP contribution in [0, 0.1) is 5.92 Å². The molecule has 1 aliphatic rings. The third-order valence-electron chi connectivity index (χ3n) is 2.62. The predicted molar refractivity (Wildman–Crippen MR) is 69.8 cm³/mol. The van der Waals surface area contributed by atoms with Gasteiger partial charge in [0.1, 0.15) is 0 Å². The number of anilines is 2. The predicted octanol–water partition coefficient (Wildman–Crippen LogP) is 3.09. The molecule has 15 heavy (non-hydrogen) atoms. The number of thioether (sulfide) groups is 1. The summed E-state index contributed by atoms with van der Waals surface area (Å²) < 4.78 is 0. The number of rotatable bonds is 3. The normalized spacial score (nSPS) is 20.5. The van der Waals surface area contributed by atoms with Gasteiger partial charge < -0.3 is 11.1 Å². The Kier molecular flexibility index (Phi) is 3.65. The summed E-state index contributed by atoms with van der Waals surface area (Å²) in [6, 6.07) is 5.54. The topological polar surface area (TPSA) is 38.0 Å². The van der Waals surface area contributed by atoms with E-state index in [1.165, 1.54) is 17.9 Å². The highest BCUT2D eigenvalue weighted by molar-refractivity contribution is 7.99. The summed E-state index contributed by atoms with van der Waals surface area (Å²) in [7, 11) is 0. The zero-order chi connectivity index (χ0) is 10.7. The molecule has 1 atom stereocenters. The minimum Gasteiger partial charge on any atom is -0.397 e. The summed E-state index contributed by atoms with van der Waals surface area (Å²) in [4.78, 5) is 0. The second-order valence-corrected chi connectivity index (χ2v) is 5.43. The van der Waals surface area contributed by atoms with Crippen LogP contribution in [0.5, 0.6) is 0 Å². The van der Waals surface area contributed by atoms with Crippen molar-refractivity contribution in [3.8, 4) is 0 Å². The molecule has 0 amide bonds. The first kappa shape index (κ1) is 11.0. The van der Waals surface area contributed by atoms with E-state index in [1.807, 2.05) is 30.0 Å². The van der Waals surface area contributed by atoms with E-state index < -0.39 is 0 Å². The van der Waals surface area contributed by atoms with Crippen LogP contribution in [0.2, 0.25) is 5.02 Å². The summed E-state index contributed by atoms with van der Waals surface area (Å²) in [6.45, 7) is 0.998. The summed E-state index contributed by atoms with van der Waals surface area (Å²) in [5.41, 5.74) is 7.57. The van der Waals surface area contributed by atoms with Gasteiger partial charge in [0.2, 0.25) is 0 Å². The van der Waals surface area contributed by atoms with Crippen LogP contribution in [0.25, 0.3) is 0 Å². The second kappa shape index (κ2) is 4.99. The molecule has 0 bridgehead atoms. The molecular weight excluding hydrogens is 228 g/mol. The third-order valence-corrected chi connectivity index (χ3v) is 4.09. The van der Waals surface area contributed by atoms with Gasteiger partial charge in [-0.2, -0.15) is 11.8 Å². The Labute approximate surface area is 99.6 Å². The van der Waals surface area contributed by atoms with E-state index in [0.717, 1.165) is 28.9 Å². The Morgan fingerprint density at radius 3 is 3.13 bits per heavy atom. The van der Waals surface area contributed by atoms with Crippen molar-refractivity contribution in [2.75, 3.05) is 29.1 Å². The molecule has 2 nitrogen and oxygen atoms in total. The minimum atomic E-state index is 0.729. The van der Waals surface area contributed by atoms with Gasteiger partial charge in [-0.1, -0.05) is 11.6 Å². The van der Waals surface area contributed by atoms with E-state index in [0.29, 0.717) is 0 Å². The molecule has 0 saturated carbocycles. The van der Waals surface area contributed by atoms with Crippen LogP contribution in [0.1, 0.15) is 6.42 Å². The van der Waals surface area contributed by atoms with Crippen LogP contribution >= 0.6 is 23.4 Å². The van der Waals surface area contributed by atoms with Gasteiger partial charge in [0.25, 0.3) is 0 Å². The van der Waals surface area contributed by atoms with Crippen molar-refractivity contribution in [3.63, 3.8) is 0 Å². The molecule has 1 unspecified atom stereocenters. The molecule has 0 radical (unpaired) electrons. The van der Waals surface area contributed by atoms with Gasteiger partial charge in [-0.25, -0.2) is 0 Å². The Balaban J connectivity index is 1.94. The largest absolute Gasteiger partial charge is 0.397 e. The fraction of sp³-hybridized carbons (Fsp3) is 0.455. The van der Waals surface area contributed by atoms with Gasteiger partial charge in [0, 0.05) is 11.6 Å². The zero-order valence-corrected chi connectivity index (χ0v) is 10.1. The number of nitrogens with two attached hydrogens (primary N) is 1. The molecule has 1 saturated heterocycles. The molecule has 0 spiro atoms. The molecule has 0 aromatic heterocycles. The summed E-state index contributed by atoms with van der Waals surface area (Å²) >= 11 is 7.94. The van der Waals surface area contributed by atoms with Crippen LogP contribution in [0.4, 0.5) is 11.4 Å². The molecule has 1 fully saturated rings. The number of halogens is 1. The van der Waals surface area contributed by atoms with Crippen molar-refractivity contribution in [2.45, 2.75) is 6.42 Å². The van der Waals surface area contributed by atoms with E-state index in [1.54, 1.807) is 0 Å². The molecule has 82 valence electrons. The maximum Gasteiger partial charge on any atom is 0.0588 e. The average Bonchev–Trinajstić information content (AvgIpc) is 2.72. The standard InChI is InChI=1S/C11H15ClN2S/c12-9-1-2-10(13)11(5-9)14-6-8-3-4-15-7-8/h1-2,5,8,14H,3-4,6-7,13H2. The average molecular weight is 243 g/mol. The van der Waals surface area contributed by atoms with Crippen LogP contribution in [0.3, 0.4) is 0 Å². The van der Waals surface area contributed by atoms with Crippen molar-refractivity contribution in [1.82, 2.24) is 0 Å². The summed E-state index contributed by atoms with van der Waals surface area (Å²) in [5.74, 6) is 3.32. The number of nitrogen functional groups attached to an aromatic ring is 1. The van der Waals surface area contributed by atoms with Crippen LogP contribution in [-0.2, 0) is 0 Å². The van der Waals surface area contributed by atoms with Gasteiger partial charge >= 0.3 is 0 Å². The molecule has 1 aliphatic heterocycles. The Morgan fingerprint density at radius 2 is 2.40 bits per heavy atom. The van der Waals surface area contributed by atoms with E-state index in [4.69, 9.17) is 17.3 Å². The molecular formula is C11H15ClN2S.